The van der Waals surface area contributed by atoms with Crippen molar-refractivity contribution in [2.45, 2.75) is 12.6 Å². The number of hydrogen-bond acceptors (Lipinski definition) is 4. The van der Waals surface area contributed by atoms with Crippen LogP contribution in [0.25, 0.3) is 5.32 Å². The molecule has 0 aliphatic rings. The Morgan fingerprint density at radius 2 is 2.00 bits per heavy atom. The molecule has 0 spiro atoms. The van der Waals surface area contributed by atoms with Gasteiger partial charge >= 0.3 is 0 Å². The summed E-state index contributed by atoms with van der Waals surface area (Å²) in [5, 5.41) is 20.9. The lowest BCUT2D eigenvalue weighted by Crippen LogP contribution is -2.37. The van der Waals surface area contributed by atoms with Gasteiger partial charge in [0.25, 0.3) is 0 Å². The van der Waals surface area contributed by atoms with Gasteiger partial charge in [-0.1, -0.05) is 59.6 Å². The minimum atomic E-state index is -0.760. The molecule has 0 aliphatic carbocycles. The Morgan fingerprint density at radius 3 is 2.73 bits per heavy atom. The van der Waals surface area contributed by atoms with Crippen LogP contribution in [0.1, 0.15) is 11.7 Å². The lowest BCUT2D eigenvalue weighted by atomic mass is 10.1. The molecule has 3 aromatic rings. The number of aliphatic hydroxyl groups is 1. The summed E-state index contributed by atoms with van der Waals surface area (Å²) in [6.07, 6.45) is 0.657. The highest BCUT2D eigenvalue weighted by molar-refractivity contribution is 6.42. The van der Waals surface area contributed by atoms with E-state index in [0.29, 0.717) is 15.7 Å². The molecule has 3 rings (SSSR count). The largest absolute Gasteiger partial charge is 0.424 e. The number of anilines is 1. The molecule has 0 bridgehead atoms. The van der Waals surface area contributed by atoms with Crippen molar-refractivity contribution in [2.24, 2.45) is 0 Å². The molecule has 1 heterocycles. The fraction of sp³-hybridized carbons (Fsp3) is 0.118. The van der Waals surface area contributed by atoms with Crippen LogP contribution in [-0.2, 0) is 6.54 Å². The summed E-state index contributed by atoms with van der Waals surface area (Å²) in [7, 11) is 0. The second kappa shape index (κ2) is 8.18. The standard InChI is InChI=1S/C17H14Cl2N4O3/c18-13-7-6-12(8-14(13)19)20-17(25)21-16-10-23(22-26-16)9-15(24)11-4-2-1-3-5-11/h1-8,10,15,24H,9H2,(H-,20,21,22,25). The van der Waals surface area contributed by atoms with Crippen LogP contribution in [0.4, 0.5) is 16.4 Å². The van der Waals surface area contributed by atoms with Crippen molar-refractivity contribution in [3.63, 3.8) is 0 Å². The minimum Gasteiger partial charge on any atom is -0.424 e. The van der Waals surface area contributed by atoms with Crippen molar-refractivity contribution >= 4 is 40.8 Å². The Balaban J connectivity index is 1.57. The number of benzene rings is 2. The van der Waals surface area contributed by atoms with Gasteiger partial charge in [-0.3, -0.25) is 4.79 Å². The zero-order valence-corrected chi connectivity index (χ0v) is 14.9. The van der Waals surface area contributed by atoms with Crippen LogP contribution in [0.2, 0.25) is 10.0 Å². The van der Waals surface area contributed by atoms with Crippen LogP contribution in [0.5, 0.6) is 0 Å². The molecular weight excluding hydrogens is 379 g/mol. The van der Waals surface area contributed by atoms with Crippen molar-refractivity contribution in [2.75, 3.05) is 5.32 Å². The van der Waals surface area contributed by atoms with E-state index >= 15 is 0 Å². The third-order valence-corrected chi connectivity index (χ3v) is 4.16. The molecule has 0 radical (unpaired) electrons. The van der Waals surface area contributed by atoms with Gasteiger partial charge in [0.1, 0.15) is 6.10 Å². The highest BCUT2D eigenvalue weighted by atomic mass is 35.5. The summed E-state index contributed by atoms with van der Waals surface area (Å²) in [5.41, 5.74) is 1.19. The highest BCUT2D eigenvalue weighted by Crippen LogP contribution is 2.26. The summed E-state index contributed by atoms with van der Waals surface area (Å²) in [5.74, 6) is 0.00261. The zero-order chi connectivity index (χ0) is 18.5. The van der Waals surface area contributed by atoms with Gasteiger partial charge < -0.3 is 20.3 Å². The molecule has 1 aromatic heterocycles. The number of aromatic nitrogens is 2. The van der Waals surface area contributed by atoms with Gasteiger partial charge in [0.2, 0.25) is 18.6 Å². The Hall–Kier alpha value is -2.61. The van der Waals surface area contributed by atoms with Crippen LogP contribution in [0.3, 0.4) is 0 Å². The number of carbonyl (C=O) groups excluding carboxylic acids is 1. The second-order valence-corrected chi connectivity index (χ2v) is 6.17. The van der Waals surface area contributed by atoms with Gasteiger partial charge in [-0.2, -0.15) is 0 Å². The smallest absolute Gasteiger partial charge is 0.241 e. The number of nitrogens with one attached hydrogen (secondary N) is 1. The van der Waals surface area contributed by atoms with E-state index in [9.17, 15) is 9.90 Å². The van der Waals surface area contributed by atoms with Crippen molar-refractivity contribution in [3.05, 3.63) is 75.7 Å². The average molecular weight is 393 g/mol. The second-order valence-electron chi connectivity index (χ2n) is 5.36. The predicted octanol–water partition coefficient (Wildman–Crippen LogP) is 4.24. The SMILES string of the molecule is O=C([N-]c1c[n+](CC(O)c2ccccc2)no1)Nc1ccc(Cl)c(Cl)c1. The van der Waals surface area contributed by atoms with E-state index in [1.165, 1.54) is 16.9 Å². The van der Waals surface area contributed by atoms with E-state index in [4.69, 9.17) is 27.7 Å². The molecule has 26 heavy (non-hydrogen) atoms. The maximum Gasteiger partial charge on any atom is 0.241 e. The first-order chi connectivity index (χ1) is 12.5. The first-order valence-corrected chi connectivity index (χ1v) is 8.34. The number of hydrogen-bond donors (Lipinski definition) is 2. The summed E-state index contributed by atoms with van der Waals surface area (Å²) in [6.45, 7) is 0.164. The van der Waals surface area contributed by atoms with E-state index in [0.717, 1.165) is 5.56 Å². The van der Waals surface area contributed by atoms with E-state index < -0.39 is 12.1 Å². The number of amides is 2. The van der Waals surface area contributed by atoms with E-state index in [1.54, 1.807) is 24.3 Å². The maximum atomic E-state index is 11.9. The summed E-state index contributed by atoms with van der Waals surface area (Å²) < 4.78 is 6.34. The maximum absolute atomic E-state index is 11.9. The fourth-order valence-corrected chi connectivity index (χ4v) is 2.49. The lowest BCUT2D eigenvalue weighted by molar-refractivity contribution is -0.768. The molecular formula is C17H14Cl2N4O3. The predicted molar refractivity (Wildman–Crippen MR) is 96.6 cm³/mol. The lowest BCUT2D eigenvalue weighted by Gasteiger charge is -2.13. The third-order valence-electron chi connectivity index (χ3n) is 3.43. The molecule has 0 saturated carbocycles. The third kappa shape index (κ3) is 4.72. The molecule has 9 heteroatoms. The molecule has 0 fully saturated rings. The van der Waals surface area contributed by atoms with Crippen molar-refractivity contribution in [1.82, 2.24) is 5.27 Å². The van der Waals surface area contributed by atoms with Crippen LogP contribution >= 0.6 is 23.2 Å². The number of carbonyl (C=O) groups is 1. The van der Waals surface area contributed by atoms with Crippen LogP contribution in [-0.4, -0.2) is 16.4 Å². The number of halogens is 2. The first kappa shape index (κ1) is 18.2. The van der Waals surface area contributed by atoms with Crippen LogP contribution < -0.4 is 10.00 Å². The van der Waals surface area contributed by atoms with Crippen molar-refractivity contribution in [1.29, 1.82) is 0 Å². The monoisotopic (exact) mass is 392 g/mol. The van der Waals surface area contributed by atoms with E-state index in [2.05, 4.69) is 15.9 Å². The number of nitrogens with zero attached hydrogens (tertiary/aromatic N) is 3. The van der Waals surface area contributed by atoms with E-state index in [1.807, 2.05) is 18.2 Å². The van der Waals surface area contributed by atoms with Crippen molar-refractivity contribution in [3.8, 4) is 0 Å². The van der Waals surface area contributed by atoms with Crippen LogP contribution in [0.15, 0.2) is 59.3 Å². The summed E-state index contributed by atoms with van der Waals surface area (Å²) >= 11 is 11.7. The quantitative estimate of drug-likeness (QED) is 0.634. The number of rotatable bonds is 5. The normalized spacial score (nSPS) is 11.8. The van der Waals surface area contributed by atoms with Gasteiger partial charge in [0.05, 0.1) is 10.0 Å². The van der Waals surface area contributed by atoms with Gasteiger partial charge in [-0.15, -0.1) is 0 Å². The highest BCUT2D eigenvalue weighted by Gasteiger charge is 2.17. The molecule has 1 atom stereocenters. The molecule has 2 N–H and O–H groups in total. The number of aliphatic hydroxyl groups excluding tert-OH is 1. The van der Waals surface area contributed by atoms with Gasteiger partial charge in [-0.25, -0.2) is 0 Å². The number of urea groups is 1. The molecule has 7 nitrogen and oxygen atoms in total. The fourth-order valence-electron chi connectivity index (χ4n) is 2.19. The topological polar surface area (TPSA) is 93.3 Å². The Morgan fingerprint density at radius 1 is 1.23 bits per heavy atom. The van der Waals surface area contributed by atoms with Gasteiger partial charge in [0, 0.05) is 0 Å². The molecule has 2 amide bonds. The molecule has 2 aromatic carbocycles. The minimum absolute atomic E-state index is 0.00261. The summed E-state index contributed by atoms with van der Waals surface area (Å²) in [4.78, 5) is 11.9. The van der Waals surface area contributed by atoms with E-state index in [-0.39, 0.29) is 12.4 Å². The Labute approximate surface area is 159 Å². The summed E-state index contributed by atoms with van der Waals surface area (Å²) in [6, 6.07) is 13.2. The Bertz CT molecular complexity index is 902. The first-order valence-electron chi connectivity index (χ1n) is 7.58. The van der Waals surface area contributed by atoms with Crippen molar-refractivity contribution < 1.29 is 19.1 Å². The zero-order valence-electron chi connectivity index (χ0n) is 13.3. The molecule has 1 unspecified atom stereocenters. The van der Waals surface area contributed by atoms with Gasteiger partial charge in [0.15, 0.2) is 11.3 Å². The molecule has 134 valence electrons. The Kier molecular flexibility index (Phi) is 5.72. The molecule has 0 aliphatic heterocycles. The van der Waals surface area contributed by atoms with Crippen LogP contribution in [0, 0.1) is 0 Å². The average Bonchev–Trinajstić information content (AvgIpc) is 3.05. The molecule has 0 saturated heterocycles. The van der Waals surface area contributed by atoms with Gasteiger partial charge in [-0.05, 0) is 28.1 Å².